The molecule has 174 valence electrons. The van der Waals surface area contributed by atoms with Crippen LogP contribution in [0.15, 0.2) is 42.6 Å². The molecule has 1 aromatic carbocycles. The maximum absolute atomic E-state index is 13.5. The molecule has 4 heterocycles. The Labute approximate surface area is 194 Å². The van der Waals surface area contributed by atoms with Gasteiger partial charge >= 0.3 is 11.9 Å². The SMILES string of the molecule is CC(=O)[N+]1(c2cn3nc(-c4c(-c5ccc(F)cc5)nc(C)n4C)ccc3n2)CCC[C@H]1C(=O)O. The van der Waals surface area contributed by atoms with Crippen LogP contribution >= 0.6 is 0 Å². The number of fused-ring (bicyclic) bond motifs is 1. The minimum Gasteiger partial charge on any atom is -0.477 e. The summed E-state index contributed by atoms with van der Waals surface area (Å²) < 4.78 is 16.6. The number of carbonyl (C=O) groups is 2. The zero-order chi connectivity index (χ0) is 24.2. The summed E-state index contributed by atoms with van der Waals surface area (Å²) in [5, 5.41) is 14.5. The fourth-order valence-corrected chi connectivity index (χ4v) is 4.94. The summed E-state index contributed by atoms with van der Waals surface area (Å²) in [6.07, 6.45) is 2.68. The zero-order valence-electron chi connectivity index (χ0n) is 19.1. The number of aryl methyl sites for hydroxylation is 1. The van der Waals surface area contributed by atoms with Crippen molar-refractivity contribution in [2.75, 3.05) is 6.54 Å². The Kier molecular flexibility index (Phi) is 5.05. The molecule has 0 saturated carbocycles. The Morgan fingerprint density at radius 1 is 1.15 bits per heavy atom. The van der Waals surface area contributed by atoms with E-state index in [2.05, 4.69) is 9.97 Å². The second-order valence-corrected chi connectivity index (χ2v) is 8.65. The van der Waals surface area contributed by atoms with Gasteiger partial charge in [-0.3, -0.25) is 0 Å². The number of likely N-dealkylation sites (tertiary alicyclic amines) is 1. The second-order valence-electron chi connectivity index (χ2n) is 8.65. The summed E-state index contributed by atoms with van der Waals surface area (Å²) in [6.45, 7) is 3.68. The molecule has 0 spiro atoms. The zero-order valence-corrected chi connectivity index (χ0v) is 19.1. The Balaban J connectivity index is 1.65. The van der Waals surface area contributed by atoms with Crippen molar-refractivity contribution in [1.29, 1.82) is 0 Å². The van der Waals surface area contributed by atoms with Crippen LogP contribution < -0.4 is 4.48 Å². The molecule has 1 unspecified atom stereocenters. The Morgan fingerprint density at radius 3 is 2.56 bits per heavy atom. The van der Waals surface area contributed by atoms with Gasteiger partial charge in [0.2, 0.25) is 6.04 Å². The summed E-state index contributed by atoms with van der Waals surface area (Å²) in [5.41, 5.74) is 3.31. The lowest BCUT2D eigenvalue weighted by atomic mass is 10.1. The predicted octanol–water partition coefficient (Wildman–Crippen LogP) is 3.35. The van der Waals surface area contributed by atoms with Gasteiger partial charge in [-0.2, -0.15) is 14.6 Å². The molecule has 1 amide bonds. The lowest BCUT2D eigenvalue weighted by molar-refractivity contribution is -0.146. The molecule has 1 aliphatic rings. The lowest BCUT2D eigenvalue weighted by Gasteiger charge is -2.31. The van der Waals surface area contributed by atoms with Crippen LogP contribution in [-0.2, 0) is 16.6 Å². The predicted molar refractivity (Wildman–Crippen MR) is 123 cm³/mol. The molecule has 2 atom stereocenters. The molecular formula is C24H24FN6O3+. The molecular weight excluding hydrogens is 439 g/mol. The highest BCUT2D eigenvalue weighted by Crippen LogP contribution is 2.36. The molecule has 34 heavy (non-hydrogen) atoms. The number of carboxylic acids is 1. The highest BCUT2D eigenvalue weighted by Gasteiger charge is 2.53. The van der Waals surface area contributed by atoms with Crippen molar-refractivity contribution in [3.05, 3.63) is 54.2 Å². The normalized spacial score (nSPS) is 20.2. The number of quaternary nitrogens is 1. The van der Waals surface area contributed by atoms with Gasteiger partial charge in [0, 0.05) is 25.5 Å². The first kappa shape index (κ1) is 21.9. The fraction of sp³-hybridized carbons (Fsp3) is 0.292. The van der Waals surface area contributed by atoms with E-state index in [1.807, 2.05) is 24.6 Å². The molecule has 5 rings (SSSR count). The molecule has 1 aliphatic heterocycles. The average molecular weight is 463 g/mol. The van der Waals surface area contributed by atoms with Crippen LogP contribution in [0.5, 0.6) is 0 Å². The van der Waals surface area contributed by atoms with E-state index in [0.717, 1.165) is 17.1 Å². The number of benzene rings is 1. The number of amides is 1. The minimum atomic E-state index is -1.01. The van der Waals surface area contributed by atoms with E-state index in [9.17, 15) is 19.1 Å². The van der Waals surface area contributed by atoms with Crippen LogP contribution in [0.25, 0.3) is 28.3 Å². The molecule has 1 N–H and O–H groups in total. The van der Waals surface area contributed by atoms with Gasteiger partial charge in [-0.05, 0) is 43.3 Å². The van der Waals surface area contributed by atoms with Gasteiger partial charge in [-0.15, -0.1) is 0 Å². The number of hydrogen-bond donors (Lipinski definition) is 1. The number of aliphatic carboxylic acids is 1. The van der Waals surface area contributed by atoms with Gasteiger partial charge in [0.15, 0.2) is 5.65 Å². The quantitative estimate of drug-likeness (QED) is 0.466. The molecule has 1 saturated heterocycles. The van der Waals surface area contributed by atoms with E-state index in [4.69, 9.17) is 5.10 Å². The van der Waals surface area contributed by atoms with Crippen molar-refractivity contribution in [3.8, 4) is 22.6 Å². The smallest absolute Gasteiger partial charge is 0.363 e. The highest BCUT2D eigenvalue weighted by molar-refractivity contribution is 5.93. The molecule has 3 aromatic heterocycles. The largest absolute Gasteiger partial charge is 0.477 e. The molecule has 0 aliphatic carbocycles. The lowest BCUT2D eigenvalue weighted by Crippen LogP contribution is -2.59. The maximum Gasteiger partial charge on any atom is 0.363 e. The molecule has 4 aromatic rings. The number of aromatic nitrogens is 5. The Morgan fingerprint density at radius 2 is 1.88 bits per heavy atom. The summed E-state index contributed by atoms with van der Waals surface area (Å²) in [7, 11) is 1.88. The molecule has 0 radical (unpaired) electrons. The second kappa shape index (κ2) is 7.84. The third-order valence-corrected chi connectivity index (χ3v) is 6.76. The van der Waals surface area contributed by atoms with Crippen molar-refractivity contribution >= 4 is 23.3 Å². The Hall–Kier alpha value is -3.92. The van der Waals surface area contributed by atoms with Crippen LogP contribution in [0.3, 0.4) is 0 Å². The Bertz CT molecular complexity index is 1440. The number of carbonyl (C=O) groups excluding carboxylic acids is 1. The number of imidazole rings is 2. The van der Waals surface area contributed by atoms with Crippen LogP contribution in [-0.4, -0.2) is 53.7 Å². The van der Waals surface area contributed by atoms with Gasteiger partial charge in [0.05, 0.1) is 24.9 Å². The van der Waals surface area contributed by atoms with Crippen molar-refractivity contribution in [2.45, 2.75) is 32.7 Å². The van der Waals surface area contributed by atoms with Crippen molar-refractivity contribution < 1.29 is 19.1 Å². The fourth-order valence-electron chi connectivity index (χ4n) is 4.94. The standard InChI is InChI=1S/C24H23FN6O3/c1-14-26-22(16-6-8-17(25)9-7-16)23(29(14)3)18-10-11-20-27-21(13-30(20)28-18)31(15(2)32)12-4-5-19(31)24(33)34/h6-11,13,19H,4-5,12H2,1-3H3/p+1/t19-,31?/m0/s1. The van der Waals surface area contributed by atoms with Crippen LogP contribution in [0.4, 0.5) is 10.2 Å². The van der Waals surface area contributed by atoms with Gasteiger partial charge in [0.25, 0.3) is 5.82 Å². The molecule has 0 bridgehead atoms. The number of nitrogens with zero attached hydrogens (tertiary/aromatic N) is 6. The van der Waals surface area contributed by atoms with E-state index in [-0.39, 0.29) is 16.2 Å². The topological polar surface area (TPSA) is 102 Å². The highest BCUT2D eigenvalue weighted by atomic mass is 19.1. The van der Waals surface area contributed by atoms with E-state index in [1.165, 1.54) is 19.1 Å². The monoisotopic (exact) mass is 463 g/mol. The van der Waals surface area contributed by atoms with Gasteiger partial charge in [-0.25, -0.2) is 23.5 Å². The number of hydrogen-bond acceptors (Lipinski definition) is 5. The first-order valence-electron chi connectivity index (χ1n) is 11.0. The summed E-state index contributed by atoms with van der Waals surface area (Å²) in [6, 6.07) is 8.86. The van der Waals surface area contributed by atoms with E-state index >= 15 is 0 Å². The average Bonchev–Trinajstić information content (AvgIpc) is 3.50. The number of halogens is 1. The molecule has 10 heteroatoms. The van der Waals surface area contributed by atoms with Gasteiger partial charge in [-0.1, -0.05) is 0 Å². The van der Waals surface area contributed by atoms with E-state index < -0.39 is 12.0 Å². The van der Waals surface area contributed by atoms with E-state index in [0.29, 0.717) is 42.2 Å². The van der Waals surface area contributed by atoms with Crippen LogP contribution in [0.1, 0.15) is 25.6 Å². The number of rotatable bonds is 4. The molecule has 9 nitrogen and oxygen atoms in total. The molecule has 1 fully saturated rings. The first-order valence-corrected chi connectivity index (χ1v) is 11.0. The van der Waals surface area contributed by atoms with Crippen molar-refractivity contribution in [3.63, 3.8) is 0 Å². The third kappa shape index (κ3) is 3.21. The van der Waals surface area contributed by atoms with Gasteiger partial charge in [0.1, 0.15) is 23.5 Å². The van der Waals surface area contributed by atoms with Gasteiger partial charge < -0.3 is 9.67 Å². The third-order valence-electron chi connectivity index (χ3n) is 6.76. The first-order chi connectivity index (χ1) is 16.2. The summed E-state index contributed by atoms with van der Waals surface area (Å²) >= 11 is 0. The van der Waals surface area contributed by atoms with Crippen molar-refractivity contribution in [2.24, 2.45) is 7.05 Å². The summed E-state index contributed by atoms with van der Waals surface area (Å²) in [4.78, 5) is 33.9. The van der Waals surface area contributed by atoms with Crippen molar-refractivity contribution in [1.82, 2.24) is 28.6 Å². The number of carboxylic acid groups (broad SMARTS) is 1. The maximum atomic E-state index is 13.5. The van der Waals surface area contributed by atoms with Crippen LogP contribution in [0.2, 0.25) is 0 Å². The van der Waals surface area contributed by atoms with Crippen LogP contribution in [0, 0.1) is 12.7 Å². The minimum absolute atomic E-state index is 0.255. The van der Waals surface area contributed by atoms with E-state index in [1.54, 1.807) is 28.9 Å². The summed E-state index contributed by atoms with van der Waals surface area (Å²) in [5.74, 6) is -0.443.